The highest BCUT2D eigenvalue weighted by atomic mass is 79.9. The van der Waals surface area contributed by atoms with Gasteiger partial charge in [0.15, 0.2) is 0 Å². The zero-order valence-electron chi connectivity index (χ0n) is 12.5. The molecule has 0 fully saturated rings. The molecule has 0 aliphatic rings. The number of benzene rings is 1. The lowest BCUT2D eigenvalue weighted by atomic mass is 10.2. The summed E-state index contributed by atoms with van der Waals surface area (Å²) in [6.45, 7) is 5.75. The van der Waals surface area contributed by atoms with Crippen LogP contribution in [0.4, 0.5) is 0 Å². The largest absolute Gasteiger partial charge is 0.465 e. The van der Waals surface area contributed by atoms with E-state index >= 15 is 0 Å². The molecular weight excluding hydrogens is 334 g/mol. The first kappa shape index (κ1) is 17.4. The number of carbonyl (C=O) groups is 2. The van der Waals surface area contributed by atoms with Crippen LogP contribution < -0.4 is 0 Å². The molecule has 0 atom stereocenters. The molecule has 4 nitrogen and oxygen atoms in total. The highest BCUT2D eigenvalue weighted by Crippen LogP contribution is 2.12. The lowest BCUT2D eigenvalue weighted by molar-refractivity contribution is -0.148. The molecular formula is C16H20BrNO3. The van der Waals surface area contributed by atoms with Crippen LogP contribution >= 0.6 is 15.9 Å². The number of esters is 1. The molecule has 1 aromatic carbocycles. The van der Waals surface area contributed by atoms with E-state index in [4.69, 9.17) is 4.74 Å². The van der Waals surface area contributed by atoms with E-state index in [-0.39, 0.29) is 18.5 Å². The van der Waals surface area contributed by atoms with Crippen molar-refractivity contribution in [2.75, 3.05) is 13.2 Å². The van der Waals surface area contributed by atoms with Crippen molar-refractivity contribution in [3.05, 3.63) is 40.4 Å². The van der Waals surface area contributed by atoms with E-state index in [1.54, 1.807) is 13.0 Å². The number of ether oxygens (including phenoxy) is 1. The minimum Gasteiger partial charge on any atom is -0.465 e. The van der Waals surface area contributed by atoms with Gasteiger partial charge in [-0.3, -0.25) is 9.59 Å². The molecule has 21 heavy (non-hydrogen) atoms. The summed E-state index contributed by atoms with van der Waals surface area (Å²) < 4.78 is 5.87. The van der Waals surface area contributed by atoms with Crippen molar-refractivity contribution in [3.63, 3.8) is 0 Å². The van der Waals surface area contributed by atoms with Gasteiger partial charge in [-0.1, -0.05) is 28.1 Å². The van der Waals surface area contributed by atoms with Crippen LogP contribution in [0.1, 0.15) is 26.3 Å². The normalized spacial score (nSPS) is 10.9. The monoisotopic (exact) mass is 353 g/mol. The second-order valence-electron chi connectivity index (χ2n) is 4.75. The summed E-state index contributed by atoms with van der Waals surface area (Å²) in [5, 5.41) is 0. The van der Waals surface area contributed by atoms with E-state index in [0.717, 1.165) is 10.0 Å². The maximum atomic E-state index is 12.2. The zero-order chi connectivity index (χ0) is 15.8. The molecule has 1 amide bonds. The minimum absolute atomic E-state index is 0.0327. The first-order chi connectivity index (χ1) is 9.93. The summed E-state index contributed by atoms with van der Waals surface area (Å²) in [5.41, 5.74) is 0.923. The Morgan fingerprint density at radius 1 is 1.29 bits per heavy atom. The summed E-state index contributed by atoms with van der Waals surface area (Å²) in [4.78, 5) is 25.2. The van der Waals surface area contributed by atoms with Crippen molar-refractivity contribution >= 4 is 33.9 Å². The molecule has 0 saturated carbocycles. The van der Waals surface area contributed by atoms with Crippen LogP contribution in [0.3, 0.4) is 0 Å². The molecule has 0 spiro atoms. The molecule has 0 aliphatic heterocycles. The predicted molar refractivity (Wildman–Crippen MR) is 86.7 cm³/mol. The van der Waals surface area contributed by atoms with Crippen LogP contribution in [-0.4, -0.2) is 36.0 Å². The molecule has 0 saturated heterocycles. The van der Waals surface area contributed by atoms with Crippen molar-refractivity contribution in [1.29, 1.82) is 0 Å². The van der Waals surface area contributed by atoms with Crippen molar-refractivity contribution in [3.8, 4) is 0 Å². The van der Waals surface area contributed by atoms with Gasteiger partial charge in [-0.25, -0.2) is 0 Å². The number of rotatable bonds is 6. The SMILES string of the molecule is CCOC(=O)CN(C(=O)/C=C/c1ccc(Br)cc1)C(C)C. The number of hydrogen-bond donors (Lipinski definition) is 0. The van der Waals surface area contributed by atoms with Crippen LogP contribution in [0.15, 0.2) is 34.8 Å². The van der Waals surface area contributed by atoms with E-state index < -0.39 is 5.97 Å². The van der Waals surface area contributed by atoms with Crippen molar-refractivity contribution in [2.24, 2.45) is 0 Å². The summed E-state index contributed by atoms with van der Waals surface area (Å²) in [7, 11) is 0. The van der Waals surface area contributed by atoms with Crippen LogP contribution in [-0.2, 0) is 14.3 Å². The highest BCUT2D eigenvalue weighted by Gasteiger charge is 2.18. The molecule has 0 bridgehead atoms. The number of nitrogens with zero attached hydrogens (tertiary/aromatic N) is 1. The van der Waals surface area contributed by atoms with Gasteiger partial charge in [-0.15, -0.1) is 0 Å². The van der Waals surface area contributed by atoms with Gasteiger partial charge in [0.25, 0.3) is 0 Å². The lowest BCUT2D eigenvalue weighted by Gasteiger charge is -2.24. The Bertz CT molecular complexity index is 509. The molecule has 0 unspecified atom stereocenters. The fraction of sp³-hybridized carbons (Fsp3) is 0.375. The average Bonchev–Trinajstić information content (AvgIpc) is 2.44. The first-order valence-electron chi connectivity index (χ1n) is 6.84. The predicted octanol–water partition coefficient (Wildman–Crippen LogP) is 3.26. The summed E-state index contributed by atoms with van der Waals surface area (Å²) in [6.07, 6.45) is 3.21. The van der Waals surface area contributed by atoms with Gasteiger partial charge in [0.2, 0.25) is 5.91 Å². The highest BCUT2D eigenvalue weighted by molar-refractivity contribution is 9.10. The second-order valence-corrected chi connectivity index (χ2v) is 5.67. The van der Waals surface area contributed by atoms with Gasteiger partial charge >= 0.3 is 5.97 Å². The maximum absolute atomic E-state index is 12.2. The zero-order valence-corrected chi connectivity index (χ0v) is 14.1. The van der Waals surface area contributed by atoms with E-state index in [9.17, 15) is 9.59 Å². The fourth-order valence-electron chi connectivity index (χ4n) is 1.70. The summed E-state index contributed by atoms with van der Waals surface area (Å²) in [6, 6.07) is 7.54. The summed E-state index contributed by atoms with van der Waals surface area (Å²) in [5.74, 6) is -0.599. The molecule has 0 N–H and O–H groups in total. The van der Waals surface area contributed by atoms with Gasteiger partial charge in [0.1, 0.15) is 6.54 Å². The van der Waals surface area contributed by atoms with Crippen molar-refractivity contribution in [2.45, 2.75) is 26.8 Å². The van der Waals surface area contributed by atoms with E-state index in [1.165, 1.54) is 11.0 Å². The molecule has 0 heterocycles. The molecule has 0 radical (unpaired) electrons. The Morgan fingerprint density at radius 2 is 1.90 bits per heavy atom. The smallest absolute Gasteiger partial charge is 0.325 e. The van der Waals surface area contributed by atoms with Crippen LogP contribution in [0.5, 0.6) is 0 Å². The molecule has 1 aromatic rings. The first-order valence-corrected chi connectivity index (χ1v) is 7.63. The van der Waals surface area contributed by atoms with Gasteiger partial charge in [-0.05, 0) is 44.5 Å². The fourth-order valence-corrected chi connectivity index (χ4v) is 1.96. The van der Waals surface area contributed by atoms with E-state index in [0.29, 0.717) is 6.61 Å². The minimum atomic E-state index is -0.392. The second kappa shape index (κ2) is 8.62. The van der Waals surface area contributed by atoms with Crippen LogP contribution in [0.2, 0.25) is 0 Å². The Hall–Kier alpha value is -1.62. The number of carbonyl (C=O) groups excluding carboxylic acids is 2. The molecule has 0 aliphatic carbocycles. The van der Waals surface area contributed by atoms with Crippen molar-refractivity contribution < 1.29 is 14.3 Å². The molecule has 1 rings (SSSR count). The third kappa shape index (κ3) is 6.12. The molecule has 5 heteroatoms. The topological polar surface area (TPSA) is 46.6 Å². The van der Waals surface area contributed by atoms with Crippen molar-refractivity contribution in [1.82, 2.24) is 4.90 Å². The Morgan fingerprint density at radius 3 is 2.43 bits per heavy atom. The van der Waals surface area contributed by atoms with Gasteiger partial charge in [0, 0.05) is 16.6 Å². The Balaban J connectivity index is 2.72. The van der Waals surface area contributed by atoms with Gasteiger partial charge in [-0.2, -0.15) is 0 Å². The lowest BCUT2D eigenvalue weighted by Crippen LogP contribution is -2.40. The Labute approximate surface area is 133 Å². The third-order valence-electron chi connectivity index (χ3n) is 2.80. The number of amides is 1. The Kier molecular flexibility index (Phi) is 7.15. The third-order valence-corrected chi connectivity index (χ3v) is 3.33. The van der Waals surface area contributed by atoms with Gasteiger partial charge < -0.3 is 9.64 Å². The van der Waals surface area contributed by atoms with E-state index in [2.05, 4.69) is 15.9 Å². The van der Waals surface area contributed by atoms with Crippen LogP contribution in [0, 0.1) is 0 Å². The standard InChI is InChI=1S/C16H20BrNO3/c1-4-21-16(20)11-18(12(2)3)15(19)10-7-13-5-8-14(17)9-6-13/h5-10,12H,4,11H2,1-3H3/b10-7+. The van der Waals surface area contributed by atoms with Crippen LogP contribution in [0.25, 0.3) is 6.08 Å². The number of hydrogen-bond acceptors (Lipinski definition) is 3. The summed E-state index contributed by atoms with van der Waals surface area (Å²) >= 11 is 3.36. The molecule has 114 valence electrons. The maximum Gasteiger partial charge on any atom is 0.325 e. The molecule has 0 aromatic heterocycles. The van der Waals surface area contributed by atoms with Gasteiger partial charge in [0.05, 0.1) is 6.61 Å². The quantitative estimate of drug-likeness (QED) is 0.582. The average molecular weight is 354 g/mol. The number of halogens is 1. The van der Waals surface area contributed by atoms with E-state index in [1.807, 2.05) is 38.1 Å².